The molecule has 1 aliphatic heterocycles. The molecule has 1 aliphatic carbocycles. The molecule has 3 N–H and O–H groups in total. The maximum Gasteiger partial charge on any atom is 0.270 e. The van der Waals surface area contributed by atoms with Crippen molar-refractivity contribution >= 4 is 11.6 Å². The maximum absolute atomic E-state index is 12.4. The van der Waals surface area contributed by atoms with Gasteiger partial charge in [0, 0.05) is 12.2 Å². The van der Waals surface area contributed by atoms with E-state index in [2.05, 4.69) is 0 Å². The predicted molar refractivity (Wildman–Crippen MR) is 72.9 cm³/mol. The van der Waals surface area contributed by atoms with Gasteiger partial charge in [-0.25, -0.2) is 0 Å². The van der Waals surface area contributed by atoms with Crippen LogP contribution in [-0.2, 0) is 0 Å². The van der Waals surface area contributed by atoms with Crippen LogP contribution >= 0.6 is 0 Å². The molecule has 19 heavy (non-hydrogen) atoms. The molecule has 104 valence electrons. The minimum Gasteiger partial charge on any atom is -0.397 e. The summed E-state index contributed by atoms with van der Waals surface area (Å²) in [4.78, 5) is 14.1. The highest BCUT2D eigenvalue weighted by atomic mass is 16.3. The number of aromatic nitrogens is 1. The molecule has 0 spiro atoms. The lowest BCUT2D eigenvalue weighted by molar-refractivity contribution is -0.0862. The maximum atomic E-state index is 12.4. The van der Waals surface area contributed by atoms with Crippen LogP contribution in [0.4, 0.5) is 5.69 Å². The van der Waals surface area contributed by atoms with Gasteiger partial charge in [0.05, 0.1) is 24.4 Å². The first kappa shape index (κ1) is 12.5. The summed E-state index contributed by atoms with van der Waals surface area (Å²) in [6.07, 6.45) is 5.78. The number of anilines is 1. The van der Waals surface area contributed by atoms with Gasteiger partial charge < -0.3 is 20.3 Å². The average molecular weight is 263 g/mol. The molecule has 1 saturated heterocycles. The summed E-state index contributed by atoms with van der Waals surface area (Å²) in [7, 11) is 0. The van der Waals surface area contributed by atoms with Crippen molar-refractivity contribution in [3.05, 3.63) is 18.0 Å². The quantitative estimate of drug-likeness (QED) is 0.862. The lowest BCUT2D eigenvalue weighted by Gasteiger charge is -2.46. The van der Waals surface area contributed by atoms with Crippen molar-refractivity contribution in [2.24, 2.45) is 0 Å². The molecule has 1 aromatic rings. The number of β-amino-alcohol motifs (C(OH)–C–C–N with tert-alkyl or cyclic N) is 1. The first-order chi connectivity index (χ1) is 9.02. The minimum absolute atomic E-state index is 0.00984. The van der Waals surface area contributed by atoms with E-state index < -0.39 is 5.60 Å². The standard InChI is InChI=1S/C14H21N3O2/c1-2-5-14(19)8-16(9-14)13(18)12-6-10(15)7-17(12)11-3-4-11/h6-7,11,19H,2-5,8-9,15H2,1H3. The zero-order chi connectivity index (χ0) is 13.6. The molecular formula is C14H21N3O2. The lowest BCUT2D eigenvalue weighted by atomic mass is 9.89. The van der Waals surface area contributed by atoms with Crippen LogP contribution < -0.4 is 5.73 Å². The molecule has 1 saturated carbocycles. The summed E-state index contributed by atoms with van der Waals surface area (Å²) in [5, 5.41) is 10.1. The summed E-state index contributed by atoms with van der Waals surface area (Å²) in [5.74, 6) is -0.00984. The molecule has 5 heteroatoms. The van der Waals surface area contributed by atoms with Gasteiger partial charge in [0.1, 0.15) is 5.69 Å². The number of nitrogens with zero attached hydrogens (tertiary/aromatic N) is 2. The topological polar surface area (TPSA) is 71.5 Å². The Kier molecular flexibility index (Phi) is 2.82. The molecule has 2 aliphatic rings. The van der Waals surface area contributed by atoms with Gasteiger partial charge in [-0.1, -0.05) is 13.3 Å². The molecule has 2 fully saturated rings. The Morgan fingerprint density at radius 1 is 1.53 bits per heavy atom. The van der Waals surface area contributed by atoms with Gasteiger partial charge in [-0.2, -0.15) is 0 Å². The number of nitrogens with two attached hydrogens (primary N) is 1. The molecule has 3 rings (SSSR count). The highest BCUT2D eigenvalue weighted by Gasteiger charge is 2.44. The van der Waals surface area contributed by atoms with Crippen molar-refractivity contribution in [2.45, 2.75) is 44.2 Å². The van der Waals surface area contributed by atoms with E-state index in [1.165, 1.54) is 0 Å². The van der Waals surface area contributed by atoms with Crippen molar-refractivity contribution in [1.82, 2.24) is 9.47 Å². The van der Waals surface area contributed by atoms with E-state index in [4.69, 9.17) is 5.73 Å². The van der Waals surface area contributed by atoms with Crippen LogP contribution in [0.1, 0.15) is 49.1 Å². The second kappa shape index (κ2) is 4.27. The Bertz CT molecular complexity index is 499. The summed E-state index contributed by atoms with van der Waals surface area (Å²) in [6, 6.07) is 2.18. The highest BCUT2D eigenvalue weighted by Crippen LogP contribution is 2.38. The van der Waals surface area contributed by atoms with E-state index in [9.17, 15) is 9.90 Å². The van der Waals surface area contributed by atoms with E-state index in [0.717, 1.165) is 25.7 Å². The van der Waals surface area contributed by atoms with Crippen LogP contribution in [0.2, 0.25) is 0 Å². The molecular weight excluding hydrogens is 242 g/mol. The molecule has 0 aromatic carbocycles. The lowest BCUT2D eigenvalue weighted by Crippen LogP contribution is -2.63. The van der Waals surface area contributed by atoms with Crippen LogP contribution in [0.15, 0.2) is 12.3 Å². The summed E-state index contributed by atoms with van der Waals surface area (Å²) < 4.78 is 1.99. The highest BCUT2D eigenvalue weighted by molar-refractivity contribution is 5.94. The minimum atomic E-state index is -0.674. The van der Waals surface area contributed by atoms with Gasteiger partial charge in [0.25, 0.3) is 5.91 Å². The van der Waals surface area contributed by atoms with Crippen molar-refractivity contribution in [3.63, 3.8) is 0 Å². The van der Waals surface area contributed by atoms with E-state index in [-0.39, 0.29) is 5.91 Å². The third-order valence-electron chi connectivity index (χ3n) is 4.00. The van der Waals surface area contributed by atoms with E-state index in [1.807, 2.05) is 17.7 Å². The Balaban J connectivity index is 1.72. The number of rotatable bonds is 4. The van der Waals surface area contributed by atoms with Crippen LogP contribution in [0.5, 0.6) is 0 Å². The zero-order valence-corrected chi connectivity index (χ0v) is 11.3. The van der Waals surface area contributed by atoms with Gasteiger partial charge >= 0.3 is 0 Å². The molecule has 0 bridgehead atoms. The second-order valence-electron chi connectivity index (χ2n) is 5.93. The SMILES string of the molecule is CCCC1(O)CN(C(=O)c2cc(N)cn2C2CC2)C1. The van der Waals surface area contributed by atoms with Gasteiger partial charge in [-0.15, -0.1) is 0 Å². The number of aliphatic hydroxyl groups is 1. The van der Waals surface area contributed by atoms with Gasteiger partial charge in [0.2, 0.25) is 0 Å². The molecule has 0 radical (unpaired) electrons. The normalized spacial score (nSPS) is 21.3. The number of nitrogen functional groups attached to an aromatic ring is 1. The van der Waals surface area contributed by atoms with Crippen LogP contribution in [0.25, 0.3) is 0 Å². The summed E-state index contributed by atoms with van der Waals surface area (Å²) in [6.45, 7) is 2.92. The first-order valence-corrected chi connectivity index (χ1v) is 7.01. The Hall–Kier alpha value is -1.49. The molecule has 1 amide bonds. The Morgan fingerprint density at radius 3 is 2.79 bits per heavy atom. The molecule has 0 atom stereocenters. The van der Waals surface area contributed by atoms with Gasteiger partial charge in [0.15, 0.2) is 0 Å². The molecule has 5 nitrogen and oxygen atoms in total. The van der Waals surface area contributed by atoms with Crippen molar-refractivity contribution < 1.29 is 9.90 Å². The molecule has 1 aromatic heterocycles. The second-order valence-corrected chi connectivity index (χ2v) is 5.93. The Labute approximate surface area is 113 Å². The van der Waals surface area contributed by atoms with E-state index in [0.29, 0.717) is 30.5 Å². The number of carbonyl (C=O) groups is 1. The van der Waals surface area contributed by atoms with Crippen LogP contribution in [0, 0.1) is 0 Å². The number of carbonyl (C=O) groups excluding carboxylic acids is 1. The van der Waals surface area contributed by atoms with Gasteiger partial charge in [-0.3, -0.25) is 4.79 Å². The monoisotopic (exact) mass is 263 g/mol. The predicted octanol–water partition coefficient (Wildman–Crippen LogP) is 1.39. The molecule has 0 unspecified atom stereocenters. The zero-order valence-electron chi connectivity index (χ0n) is 11.3. The third kappa shape index (κ3) is 2.23. The largest absolute Gasteiger partial charge is 0.397 e. The fraction of sp³-hybridized carbons (Fsp3) is 0.643. The summed E-state index contributed by atoms with van der Waals surface area (Å²) in [5.41, 5.74) is 6.43. The number of amides is 1. The number of hydrogen-bond acceptors (Lipinski definition) is 3. The fourth-order valence-electron chi connectivity index (χ4n) is 2.92. The smallest absolute Gasteiger partial charge is 0.270 e. The number of hydrogen-bond donors (Lipinski definition) is 2. The van der Waals surface area contributed by atoms with Crippen molar-refractivity contribution in [1.29, 1.82) is 0 Å². The van der Waals surface area contributed by atoms with E-state index in [1.54, 1.807) is 11.0 Å². The summed E-state index contributed by atoms with van der Waals surface area (Å²) >= 11 is 0. The van der Waals surface area contributed by atoms with Gasteiger partial charge in [-0.05, 0) is 25.3 Å². The van der Waals surface area contributed by atoms with Crippen LogP contribution in [-0.4, -0.2) is 39.2 Å². The van der Waals surface area contributed by atoms with Crippen LogP contribution in [0.3, 0.4) is 0 Å². The van der Waals surface area contributed by atoms with E-state index >= 15 is 0 Å². The van der Waals surface area contributed by atoms with Crippen molar-refractivity contribution in [3.8, 4) is 0 Å². The third-order valence-corrected chi connectivity index (χ3v) is 4.00. The van der Waals surface area contributed by atoms with Crippen molar-refractivity contribution in [2.75, 3.05) is 18.8 Å². The molecule has 2 heterocycles. The fourth-order valence-corrected chi connectivity index (χ4v) is 2.92. The average Bonchev–Trinajstić information content (AvgIpc) is 3.09. The number of likely N-dealkylation sites (tertiary alicyclic amines) is 1. The first-order valence-electron chi connectivity index (χ1n) is 7.01. The Morgan fingerprint density at radius 2 is 2.21 bits per heavy atom.